The number of halogens is 1. The molecule has 2 aliphatic rings. The maximum Gasteiger partial charge on any atom is 0.330 e. The third-order valence-corrected chi connectivity index (χ3v) is 8.70. The Kier molecular flexibility index (Phi) is 7.27. The predicted molar refractivity (Wildman–Crippen MR) is 162 cm³/mol. The Hall–Kier alpha value is -4.36. The summed E-state index contributed by atoms with van der Waals surface area (Å²) in [5, 5.41) is 7.89. The van der Waals surface area contributed by atoms with Gasteiger partial charge in [0.25, 0.3) is 0 Å². The second kappa shape index (κ2) is 11.4. The summed E-state index contributed by atoms with van der Waals surface area (Å²) >= 11 is 0. The lowest BCUT2D eigenvalue weighted by Crippen LogP contribution is -2.47. The number of benzene rings is 1. The van der Waals surface area contributed by atoms with Crippen LogP contribution in [0.1, 0.15) is 12.8 Å². The van der Waals surface area contributed by atoms with Gasteiger partial charge in [0.2, 0.25) is 5.95 Å². The molecule has 3 N–H and O–H groups in total. The number of nitrogen functional groups attached to an aromatic ring is 1. The minimum Gasteiger partial charge on any atom is -0.493 e. The van der Waals surface area contributed by atoms with Crippen molar-refractivity contribution in [2.24, 2.45) is 13.0 Å². The lowest BCUT2D eigenvalue weighted by Gasteiger charge is -2.36. The summed E-state index contributed by atoms with van der Waals surface area (Å²) in [4.78, 5) is 22.2. The maximum atomic E-state index is 15.1. The van der Waals surface area contributed by atoms with Crippen LogP contribution < -0.4 is 26.4 Å². The molecule has 5 aromatic rings. The minimum atomic E-state index is -0.261. The van der Waals surface area contributed by atoms with Crippen molar-refractivity contribution >= 4 is 28.3 Å². The van der Waals surface area contributed by atoms with Crippen LogP contribution in [0.2, 0.25) is 0 Å². The number of nitrogens with two attached hydrogens (primary N) is 1. The first kappa shape index (κ1) is 27.5. The van der Waals surface area contributed by atoms with Gasteiger partial charge in [0, 0.05) is 52.4 Å². The molecule has 6 heterocycles. The molecule has 2 aliphatic heterocycles. The summed E-state index contributed by atoms with van der Waals surface area (Å²) in [5.74, 6) is 1.64. The molecule has 0 amide bonds. The molecule has 13 heteroatoms. The topological polar surface area (TPSA) is 124 Å². The molecule has 0 spiro atoms. The van der Waals surface area contributed by atoms with Crippen LogP contribution in [-0.4, -0.2) is 81.1 Å². The smallest absolute Gasteiger partial charge is 0.330 e. The number of furan rings is 1. The Morgan fingerprint density at radius 1 is 1.12 bits per heavy atom. The molecular weight excluding hydrogens is 553 g/mol. The van der Waals surface area contributed by atoms with Gasteiger partial charge in [0.15, 0.2) is 11.4 Å². The molecule has 7 rings (SSSR count). The number of imidazole rings is 1. The highest BCUT2D eigenvalue weighted by atomic mass is 19.1. The summed E-state index contributed by atoms with van der Waals surface area (Å²) in [6.45, 7) is 6.64. The number of anilines is 2. The Balaban J connectivity index is 1.01. The Morgan fingerprint density at radius 2 is 1.93 bits per heavy atom. The second-order valence-electron chi connectivity index (χ2n) is 11.4. The van der Waals surface area contributed by atoms with Crippen molar-refractivity contribution in [2.45, 2.75) is 19.4 Å². The highest BCUT2D eigenvalue weighted by Crippen LogP contribution is 2.28. The molecule has 0 radical (unpaired) electrons. The van der Waals surface area contributed by atoms with Gasteiger partial charge < -0.3 is 25.1 Å². The molecule has 43 heavy (non-hydrogen) atoms. The SMILES string of the molecule is Cn1c(=O)n(CCN2CCN(c3ccc(OCC4CCNCC4)cc3F)CC2)c2nc(N)n3nc(-c4ccco4)cc3c21. The lowest BCUT2D eigenvalue weighted by molar-refractivity contribution is 0.214. The first-order valence-electron chi connectivity index (χ1n) is 14.8. The minimum absolute atomic E-state index is 0.168. The predicted octanol–water partition coefficient (Wildman–Crippen LogP) is 2.56. The summed E-state index contributed by atoms with van der Waals surface area (Å²) in [6, 6.07) is 10.7. The molecule has 0 aliphatic carbocycles. The second-order valence-corrected chi connectivity index (χ2v) is 11.4. The van der Waals surface area contributed by atoms with E-state index in [1.165, 1.54) is 10.6 Å². The summed E-state index contributed by atoms with van der Waals surface area (Å²) in [5.41, 5.74) is 9.18. The van der Waals surface area contributed by atoms with E-state index >= 15 is 4.39 Å². The third kappa shape index (κ3) is 5.23. The lowest BCUT2D eigenvalue weighted by atomic mass is 9.99. The van der Waals surface area contributed by atoms with Gasteiger partial charge in [-0.05, 0) is 62.2 Å². The van der Waals surface area contributed by atoms with Gasteiger partial charge >= 0.3 is 5.69 Å². The molecule has 12 nitrogen and oxygen atoms in total. The number of nitrogens with one attached hydrogen (secondary N) is 1. The summed E-state index contributed by atoms with van der Waals surface area (Å²) in [6.07, 6.45) is 3.76. The van der Waals surface area contributed by atoms with Gasteiger partial charge in [0.1, 0.15) is 22.8 Å². The maximum absolute atomic E-state index is 15.1. The molecule has 226 valence electrons. The molecule has 0 saturated carbocycles. The van der Waals surface area contributed by atoms with Crippen LogP contribution in [0, 0.1) is 11.7 Å². The normalized spacial score (nSPS) is 16.9. The quantitative estimate of drug-likeness (QED) is 0.281. The van der Waals surface area contributed by atoms with E-state index in [1.54, 1.807) is 28.5 Å². The van der Waals surface area contributed by atoms with Crippen molar-refractivity contribution in [1.82, 2.24) is 33.9 Å². The molecule has 0 unspecified atom stereocenters. The van der Waals surface area contributed by atoms with E-state index in [4.69, 9.17) is 14.9 Å². The first-order valence-corrected chi connectivity index (χ1v) is 14.8. The molecular formula is C30H36FN9O3. The van der Waals surface area contributed by atoms with E-state index in [2.05, 4.69) is 25.2 Å². The number of ether oxygens (including phenoxy) is 1. The number of aryl methyl sites for hydroxylation is 1. The molecule has 0 bridgehead atoms. The van der Waals surface area contributed by atoms with E-state index < -0.39 is 0 Å². The fourth-order valence-electron chi connectivity index (χ4n) is 6.22. The number of rotatable bonds is 8. The van der Waals surface area contributed by atoms with E-state index in [9.17, 15) is 4.79 Å². The van der Waals surface area contributed by atoms with Gasteiger partial charge in [-0.1, -0.05) is 0 Å². The average Bonchev–Trinajstić information content (AvgIpc) is 3.76. The zero-order chi connectivity index (χ0) is 29.5. The fraction of sp³-hybridized carbons (Fsp3) is 0.433. The first-order chi connectivity index (χ1) is 21.0. The fourth-order valence-corrected chi connectivity index (χ4v) is 6.22. The largest absolute Gasteiger partial charge is 0.493 e. The highest BCUT2D eigenvalue weighted by molar-refractivity contribution is 5.91. The number of piperazine rings is 1. The zero-order valence-electron chi connectivity index (χ0n) is 24.2. The van der Waals surface area contributed by atoms with Crippen LogP contribution in [-0.2, 0) is 13.6 Å². The van der Waals surface area contributed by atoms with Gasteiger partial charge in [-0.3, -0.25) is 14.0 Å². The van der Waals surface area contributed by atoms with Crippen LogP contribution in [0.4, 0.5) is 16.0 Å². The Labute approximate surface area is 247 Å². The number of hydrogen-bond donors (Lipinski definition) is 2. The highest BCUT2D eigenvalue weighted by Gasteiger charge is 2.23. The van der Waals surface area contributed by atoms with Crippen molar-refractivity contribution in [3.63, 3.8) is 0 Å². The van der Waals surface area contributed by atoms with Crippen LogP contribution in [0.5, 0.6) is 5.75 Å². The number of aromatic nitrogens is 5. The van der Waals surface area contributed by atoms with Crippen LogP contribution in [0.15, 0.2) is 51.9 Å². The van der Waals surface area contributed by atoms with Crippen LogP contribution in [0.25, 0.3) is 28.1 Å². The number of hydrogen-bond acceptors (Lipinski definition) is 9. The zero-order valence-corrected chi connectivity index (χ0v) is 24.2. The molecule has 2 saturated heterocycles. The van der Waals surface area contributed by atoms with Crippen LogP contribution in [0.3, 0.4) is 0 Å². The Morgan fingerprint density at radius 3 is 2.67 bits per heavy atom. The number of piperidine rings is 1. The van der Waals surface area contributed by atoms with Gasteiger partial charge in [0.05, 0.1) is 24.1 Å². The van der Waals surface area contributed by atoms with Gasteiger partial charge in [-0.15, -0.1) is 0 Å². The van der Waals surface area contributed by atoms with Crippen molar-refractivity contribution in [3.05, 3.63) is 59.0 Å². The number of fused-ring (bicyclic) bond motifs is 3. The van der Waals surface area contributed by atoms with Crippen LogP contribution >= 0.6 is 0 Å². The van der Waals surface area contributed by atoms with Gasteiger partial charge in [-0.25, -0.2) is 9.18 Å². The summed E-state index contributed by atoms with van der Waals surface area (Å²) < 4.78 is 31.3. The van der Waals surface area contributed by atoms with Crippen molar-refractivity contribution < 1.29 is 13.5 Å². The Bertz CT molecular complexity index is 1800. The standard InChI is InChI=1S/C30H36FN9O3/c1-36-27-25-18-23(26-3-2-16-42-26)35-40(25)29(32)34-28(27)39(30(36)41)15-12-37-10-13-38(14-11-37)24-5-4-21(17-22(24)31)43-19-20-6-8-33-9-7-20/h2-5,16-18,20,33H,6-15,19H2,1H3,(H2,32,34). The molecule has 1 aromatic carbocycles. The summed E-state index contributed by atoms with van der Waals surface area (Å²) in [7, 11) is 1.73. The third-order valence-electron chi connectivity index (χ3n) is 8.70. The molecule has 0 atom stereocenters. The van der Waals surface area contributed by atoms with Crippen molar-refractivity contribution in [1.29, 1.82) is 0 Å². The average molecular weight is 590 g/mol. The molecule has 2 fully saturated rings. The van der Waals surface area contributed by atoms with E-state index in [-0.39, 0.29) is 17.5 Å². The van der Waals surface area contributed by atoms with Crippen molar-refractivity contribution in [3.8, 4) is 17.2 Å². The number of nitrogens with zero attached hydrogens (tertiary/aromatic N) is 7. The van der Waals surface area contributed by atoms with E-state index in [1.807, 2.05) is 24.3 Å². The van der Waals surface area contributed by atoms with Gasteiger partial charge in [-0.2, -0.15) is 14.6 Å². The van der Waals surface area contributed by atoms with E-state index in [0.717, 1.165) is 39.0 Å². The van der Waals surface area contributed by atoms with Crippen molar-refractivity contribution in [2.75, 3.05) is 63.1 Å². The monoisotopic (exact) mass is 589 g/mol. The van der Waals surface area contributed by atoms with E-state index in [0.29, 0.717) is 78.3 Å². The molecule has 4 aromatic heterocycles.